The Labute approximate surface area is 76.9 Å². The third kappa shape index (κ3) is 2.89. The molecule has 1 aliphatic carbocycles. The van der Waals surface area contributed by atoms with E-state index in [1.165, 1.54) is 13.3 Å². The maximum atomic E-state index is 11.2. The van der Waals surface area contributed by atoms with Crippen molar-refractivity contribution in [2.75, 3.05) is 7.05 Å². The third-order valence-electron chi connectivity index (χ3n) is 1.97. The molecule has 1 amide bonds. The van der Waals surface area contributed by atoms with Gasteiger partial charge in [-0.15, -0.1) is 0 Å². The second kappa shape index (κ2) is 4.64. The number of ether oxygens (including phenoxy) is 1. The molecule has 0 atom stereocenters. The number of allylic oxidation sites excluding steroid dienone is 1. The van der Waals surface area contributed by atoms with Crippen LogP contribution in [0.1, 0.15) is 25.7 Å². The van der Waals surface area contributed by atoms with Gasteiger partial charge >= 0.3 is 6.09 Å². The molecule has 0 aromatic rings. The molecule has 0 unspecified atom stereocenters. The average molecular weight is 183 g/mol. The number of nitrogens with one attached hydrogen (secondary N) is 1. The first-order valence-electron chi connectivity index (χ1n) is 4.34. The van der Waals surface area contributed by atoms with Crippen LogP contribution < -0.4 is 5.32 Å². The van der Waals surface area contributed by atoms with Crippen LogP contribution in [0.15, 0.2) is 11.8 Å². The summed E-state index contributed by atoms with van der Waals surface area (Å²) in [5.74, 6) is 0.0927. The van der Waals surface area contributed by atoms with Gasteiger partial charge in [-0.25, -0.2) is 4.79 Å². The highest BCUT2D eigenvalue weighted by Crippen LogP contribution is 2.19. The maximum Gasteiger partial charge on any atom is 0.411 e. The van der Waals surface area contributed by atoms with Crippen LogP contribution in [0.25, 0.3) is 0 Å². The summed E-state index contributed by atoms with van der Waals surface area (Å²) < 4.78 is 4.67. The number of Topliss-reactive ketones (excluding diaryl/α,β-unsaturated/α-hetero) is 1. The molecule has 1 aliphatic rings. The van der Waals surface area contributed by atoms with Crippen molar-refractivity contribution in [3.63, 3.8) is 0 Å². The van der Waals surface area contributed by atoms with Crippen molar-refractivity contribution >= 4 is 11.9 Å². The van der Waals surface area contributed by atoms with Gasteiger partial charge in [0, 0.05) is 19.0 Å². The lowest BCUT2D eigenvalue weighted by Gasteiger charge is -2.11. The predicted octanol–water partition coefficient (Wildman–Crippen LogP) is 1.37. The van der Waals surface area contributed by atoms with Gasteiger partial charge in [-0.1, -0.05) is 0 Å². The quantitative estimate of drug-likeness (QED) is 0.493. The van der Waals surface area contributed by atoms with Gasteiger partial charge in [-0.05, 0) is 19.3 Å². The van der Waals surface area contributed by atoms with Crippen molar-refractivity contribution in [2.45, 2.75) is 25.7 Å². The molecule has 1 rings (SSSR count). The number of amides is 1. The lowest BCUT2D eigenvalue weighted by Crippen LogP contribution is -2.18. The van der Waals surface area contributed by atoms with Crippen molar-refractivity contribution < 1.29 is 14.3 Å². The molecule has 1 N–H and O–H groups in total. The third-order valence-corrected chi connectivity index (χ3v) is 1.97. The average Bonchev–Trinajstić information content (AvgIpc) is 2.16. The van der Waals surface area contributed by atoms with Crippen LogP contribution in [-0.2, 0) is 9.53 Å². The number of carbonyl (C=O) groups excluding carboxylic acids is 2. The number of alkyl carbamates (subject to hydrolysis) is 1. The Morgan fingerprint density at radius 3 is 2.77 bits per heavy atom. The zero-order chi connectivity index (χ0) is 9.68. The standard InChI is InChI=1S/C9H13NO3/c1-10-9(12)13-6-7-4-2-3-5-8(7)11/h6H,2-5H2,1H3,(H,10,12). The minimum absolute atomic E-state index is 0.0927. The van der Waals surface area contributed by atoms with Crippen molar-refractivity contribution in [1.29, 1.82) is 0 Å². The highest BCUT2D eigenvalue weighted by Gasteiger charge is 2.15. The van der Waals surface area contributed by atoms with E-state index in [4.69, 9.17) is 0 Å². The number of rotatable bonds is 1. The van der Waals surface area contributed by atoms with E-state index in [1.54, 1.807) is 0 Å². The lowest BCUT2D eigenvalue weighted by molar-refractivity contribution is -0.116. The molecule has 0 bridgehead atoms. The van der Waals surface area contributed by atoms with E-state index in [0.29, 0.717) is 12.0 Å². The first-order valence-corrected chi connectivity index (χ1v) is 4.34. The Bertz CT molecular complexity index is 245. The first kappa shape index (κ1) is 9.77. The molecule has 0 aromatic carbocycles. The van der Waals surface area contributed by atoms with Crippen molar-refractivity contribution in [3.05, 3.63) is 11.8 Å². The van der Waals surface area contributed by atoms with Crippen LogP contribution in [-0.4, -0.2) is 18.9 Å². The van der Waals surface area contributed by atoms with E-state index < -0.39 is 6.09 Å². The van der Waals surface area contributed by atoms with Crippen molar-refractivity contribution in [3.8, 4) is 0 Å². The minimum atomic E-state index is -0.536. The Morgan fingerprint density at radius 2 is 2.15 bits per heavy atom. The van der Waals surface area contributed by atoms with Crippen LogP contribution >= 0.6 is 0 Å². The summed E-state index contributed by atoms with van der Waals surface area (Å²) in [6.45, 7) is 0. The molecule has 4 nitrogen and oxygen atoms in total. The smallest absolute Gasteiger partial charge is 0.411 e. The lowest BCUT2D eigenvalue weighted by atomic mass is 9.95. The fourth-order valence-electron chi connectivity index (χ4n) is 1.21. The van der Waals surface area contributed by atoms with Gasteiger partial charge in [-0.2, -0.15) is 0 Å². The van der Waals surface area contributed by atoms with E-state index >= 15 is 0 Å². The van der Waals surface area contributed by atoms with Gasteiger partial charge < -0.3 is 10.1 Å². The maximum absolute atomic E-state index is 11.2. The Hall–Kier alpha value is -1.32. The Morgan fingerprint density at radius 1 is 1.46 bits per heavy atom. The summed E-state index contributed by atoms with van der Waals surface area (Å²) in [7, 11) is 1.48. The molecule has 13 heavy (non-hydrogen) atoms. The summed E-state index contributed by atoms with van der Waals surface area (Å²) in [4.78, 5) is 21.9. The fraction of sp³-hybridized carbons (Fsp3) is 0.556. The van der Waals surface area contributed by atoms with Gasteiger partial charge in [0.1, 0.15) is 6.26 Å². The highest BCUT2D eigenvalue weighted by molar-refractivity contribution is 5.95. The SMILES string of the molecule is CNC(=O)OC=C1CCCCC1=O. The zero-order valence-electron chi connectivity index (χ0n) is 7.63. The summed E-state index contributed by atoms with van der Waals surface area (Å²) in [5.41, 5.74) is 0.620. The van der Waals surface area contributed by atoms with Gasteiger partial charge in [0.15, 0.2) is 5.78 Å². The van der Waals surface area contributed by atoms with Crippen LogP contribution in [0.3, 0.4) is 0 Å². The summed E-state index contributed by atoms with van der Waals surface area (Å²) >= 11 is 0. The van der Waals surface area contributed by atoms with Crippen LogP contribution in [0, 0.1) is 0 Å². The molecule has 0 saturated heterocycles. The van der Waals surface area contributed by atoms with Crippen LogP contribution in [0.2, 0.25) is 0 Å². The van der Waals surface area contributed by atoms with Crippen LogP contribution in [0.5, 0.6) is 0 Å². The molecule has 72 valence electrons. The summed E-state index contributed by atoms with van der Waals surface area (Å²) in [6, 6.07) is 0. The highest BCUT2D eigenvalue weighted by atomic mass is 16.5. The molecule has 0 aromatic heterocycles. The Kier molecular flexibility index (Phi) is 3.49. The van der Waals surface area contributed by atoms with Gasteiger partial charge in [-0.3, -0.25) is 4.79 Å². The summed E-state index contributed by atoms with van der Waals surface area (Å²) in [5, 5.41) is 2.30. The van der Waals surface area contributed by atoms with Gasteiger partial charge in [0.2, 0.25) is 0 Å². The van der Waals surface area contributed by atoms with Crippen molar-refractivity contribution in [1.82, 2.24) is 5.32 Å². The molecule has 0 aliphatic heterocycles. The fourth-order valence-corrected chi connectivity index (χ4v) is 1.21. The molecule has 1 fully saturated rings. The zero-order valence-corrected chi connectivity index (χ0v) is 7.63. The first-order chi connectivity index (χ1) is 6.24. The van der Waals surface area contributed by atoms with Crippen molar-refractivity contribution in [2.24, 2.45) is 0 Å². The monoisotopic (exact) mass is 183 g/mol. The Balaban J connectivity index is 2.48. The molecular formula is C9H13NO3. The molecule has 4 heteroatoms. The predicted molar refractivity (Wildman–Crippen MR) is 47.1 cm³/mol. The number of carbonyl (C=O) groups is 2. The van der Waals surface area contributed by atoms with Crippen LogP contribution in [0.4, 0.5) is 4.79 Å². The molecule has 0 spiro atoms. The topological polar surface area (TPSA) is 55.4 Å². The normalized spacial score (nSPS) is 20.1. The van der Waals surface area contributed by atoms with Gasteiger partial charge in [0.25, 0.3) is 0 Å². The number of hydrogen-bond donors (Lipinski definition) is 1. The van der Waals surface area contributed by atoms with E-state index in [9.17, 15) is 9.59 Å². The van der Waals surface area contributed by atoms with E-state index in [-0.39, 0.29) is 5.78 Å². The second-order valence-electron chi connectivity index (χ2n) is 2.93. The number of hydrogen-bond acceptors (Lipinski definition) is 3. The summed E-state index contributed by atoms with van der Waals surface area (Å²) in [6.07, 6.45) is 3.95. The van der Waals surface area contributed by atoms with E-state index in [2.05, 4.69) is 10.1 Å². The minimum Gasteiger partial charge on any atom is -0.418 e. The van der Waals surface area contributed by atoms with E-state index in [0.717, 1.165) is 19.3 Å². The molecule has 0 heterocycles. The molecule has 1 saturated carbocycles. The largest absolute Gasteiger partial charge is 0.418 e. The molecular weight excluding hydrogens is 170 g/mol. The molecule has 0 radical (unpaired) electrons. The van der Waals surface area contributed by atoms with Gasteiger partial charge in [0.05, 0.1) is 0 Å². The number of ketones is 1. The second-order valence-corrected chi connectivity index (χ2v) is 2.93. The van der Waals surface area contributed by atoms with E-state index in [1.807, 2.05) is 0 Å².